The van der Waals surface area contributed by atoms with Crippen LogP contribution in [0.5, 0.6) is 0 Å². The summed E-state index contributed by atoms with van der Waals surface area (Å²) < 4.78 is 28.9. The Morgan fingerprint density at radius 1 is 1.19 bits per heavy atom. The smallest absolute Gasteiger partial charge is 0.227 e. The number of carbonyl (C=O) groups is 1. The average Bonchev–Trinajstić information content (AvgIpc) is 3.32. The van der Waals surface area contributed by atoms with E-state index in [4.69, 9.17) is 4.98 Å². The van der Waals surface area contributed by atoms with Crippen molar-refractivity contribution in [2.45, 2.75) is 58.0 Å². The van der Waals surface area contributed by atoms with Gasteiger partial charge >= 0.3 is 0 Å². The summed E-state index contributed by atoms with van der Waals surface area (Å²) in [5.41, 5.74) is 0.353. The second-order valence-electron chi connectivity index (χ2n) is 8.01. The van der Waals surface area contributed by atoms with Gasteiger partial charge in [-0.15, -0.1) is 0 Å². The molecule has 4 rings (SSSR count). The van der Waals surface area contributed by atoms with E-state index in [1.807, 2.05) is 9.58 Å². The van der Waals surface area contributed by atoms with Gasteiger partial charge in [0.2, 0.25) is 5.91 Å². The number of benzene rings is 1. The lowest BCUT2D eigenvalue weighted by Gasteiger charge is -2.36. The number of hydrogen-bond donors (Lipinski definition) is 0. The molecule has 0 saturated heterocycles. The number of amides is 1. The normalized spacial score (nSPS) is 19.4. The summed E-state index contributed by atoms with van der Waals surface area (Å²) in [6.45, 7) is 5.37. The zero-order chi connectivity index (χ0) is 19.1. The maximum atomic E-state index is 13.5. The van der Waals surface area contributed by atoms with E-state index in [1.54, 1.807) is 0 Å². The van der Waals surface area contributed by atoms with Crippen LogP contribution in [-0.2, 0) is 17.8 Å². The molecule has 0 unspecified atom stereocenters. The Kier molecular flexibility index (Phi) is 4.70. The van der Waals surface area contributed by atoms with Crippen LogP contribution in [0.1, 0.15) is 62.3 Å². The highest BCUT2D eigenvalue weighted by molar-refractivity contribution is 5.79. The van der Waals surface area contributed by atoms with Gasteiger partial charge in [-0.3, -0.25) is 4.79 Å². The van der Waals surface area contributed by atoms with Crippen molar-refractivity contribution in [1.82, 2.24) is 19.7 Å². The first-order chi connectivity index (χ1) is 12.9. The number of carbonyl (C=O) groups excluding carboxylic acids is 1. The molecule has 1 aliphatic heterocycles. The van der Waals surface area contributed by atoms with Gasteiger partial charge < -0.3 is 4.90 Å². The van der Waals surface area contributed by atoms with Crippen molar-refractivity contribution in [3.63, 3.8) is 0 Å². The van der Waals surface area contributed by atoms with E-state index in [2.05, 4.69) is 18.9 Å². The molecular formula is C20H24F2N4O. The molecule has 1 aromatic heterocycles. The Hall–Kier alpha value is -2.31. The zero-order valence-corrected chi connectivity index (χ0v) is 15.7. The summed E-state index contributed by atoms with van der Waals surface area (Å²) in [5, 5.41) is 4.64. The average molecular weight is 374 g/mol. The van der Waals surface area contributed by atoms with Gasteiger partial charge in [-0.1, -0.05) is 13.8 Å². The highest BCUT2D eigenvalue weighted by atomic mass is 19.1. The molecule has 0 radical (unpaired) electrons. The topological polar surface area (TPSA) is 51.0 Å². The lowest BCUT2D eigenvalue weighted by molar-refractivity contribution is -0.134. The first-order valence-electron chi connectivity index (χ1n) is 9.59. The van der Waals surface area contributed by atoms with Crippen LogP contribution < -0.4 is 0 Å². The number of rotatable bonds is 5. The van der Waals surface area contributed by atoms with E-state index >= 15 is 0 Å². The van der Waals surface area contributed by atoms with E-state index in [-0.39, 0.29) is 18.4 Å². The molecular weight excluding hydrogens is 350 g/mol. The standard InChI is InChI=1S/C20H24F2N4O/c1-12(2)7-17-20-23-19(14-3-4-14)24-26(20)6-5-25(17)18(27)10-13-8-15(21)11-16(22)9-13/h8-9,11-12,14,17H,3-7,10H2,1-2H3/t17-/m0/s1. The van der Waals surface area contributed by atoms with Crippen LogP contribution in [-0.4, -0.2) is 32.1 Å². The third-order valence-corrected chi connectivity index (χ3v) is 5.18. The Bertz CT molecular complexity index is 839. The molecule has 2 heterocycles. The Balaban J connectivity index is 1.58. The lowest BCUT2D eigenvalue weighted by Crippen LogP contribution is -2.43. The molecule has 7 heteroatoms. The first kappa shape index (κ1) is 18.1. The second kappa shape index (κ2) is 7.02. The van der Waals surface area contributed by atoms with Crippen LogP contribution in [0.25, 0.3) is 0 Å². The monoisotopic (exact) mass is 374 g/mol. The van der Waals surface area contributed by atoms with E-state index in [0.717, 1.165) is 37.0 Å². The summed E-state index contributed by atoms with van der Waals surface area (Å²) in [6.07, 6.45) is 3.02. The molecule has 27 heavy (non-hydrogen) atoms. The van der Waals surface area contributed by atoms with Gasteiger partial charge in [0.25, 0.3) is 0 Å². The van der Waals surface area contributed by atoms with Gasteiger partial charge in [0.05, 0.1) is 19.0 Å². The molecule has 0 N–H and O–H groups in total. The first-order valence-corrected chi connectivity index (χ1v) is 9.59. The maximum absolute atomic E-state index is 13.5. The summed E-state index contributed by atoms with van der Waals surface area (Å²) in [6, 6.07) is 3.11. The van der Waals surface area contributed by atoms with Gasteiger partial charge in [0.15, 0.2) is 5.82 Å². The molecule has 144 valence electrons. The molecule has 1 atom stereocenters. The van der Waals surface area contributed by atoms with Gasteiger partial charge in [0.1, 0.15) is 17.5 Å². The van der Waals surface area contributed by atoms with Crippen molar-refractivity contribution >= 4 is 5.91 Å². The van der Waals surface area contributed by atoms with E-state index in [0.29, 0.717) is 30.5 Å². The quantitative estimate of drug-likeness (QED) is 0.803. The molecule has 0 bridgehead atoms. The molecule has 5 nitrogen and oxygen atoms in total. The Morgan fingerprint density at radius 3 is 2.52 bits per heavy atom. The van der Waals surface area contributed by atoms with E-state index in [9.17, 15) is 13.6 Å². The van der Waals surface area contributed by atoms with Gasteiger partial charge in [-0.25, -0.2) is 18.4 Å². The van der Waals surface area contributed by atoms with E-state index < -0.39 is 11.6 Å². The van der Waals surface area contributed by atoms with Crippen molar-refractivity contribution in [2.75, 3.05) is 6.54 Å². The SMILES string of the molecule is CC(C)C[C@H]1c2nc(C3CC3)nn2CCN1C(=O)Cc1cc(F)cc(F)c1. The largest absolute Gasteiger partial charge is 0.330 e. The molecule has 1 aromatic carbocycles. The number of halogens is 2. The second-order valence-corrected chi connectivity index (χ2v) is 8.01. The fraction of sp³-hybridized carbons (Fsp3) is 0.550. The van der Waals surface area contributed by atoms with Crippen LogP contribution >= 0.6 is 0 Å². The zero-order valence-electron chi connectivity index (χ0n) is 15.7. The van der Waals surface area contributed by atoms with Crippen molar-refractivity contribution < 1.29 is 13.6 Å². The third kappa shape index (κ3) is 3.87. The maximum Gasteiger partial charge on any atom is 0.227 e. The number of aromatic nitrogens is 3. The van der Waals surface area contributed by atoms with Crippen LogP contribution in [0.2, 0.25) is 0 Å². The summed E-state index contributed by atoms with van der Waals surface area (Å²) >= 11 is 0. The molecule has 1 saturated carbocycles. The highest BCUT2D eigenvalue weighted by Gasteiger charge is 2.36. The molecule has 1 aliphatic carbocycles. The molecule has 1 fully saturated rings. The van der Waals surface area contributed by atoms with Crippen molar-refractivity contribution in [3.8, 4) is 0 Å². The predicted octanol–water partition coefficient (Wildman–Crippen LogP) is 3.61. The highest BCUT2D eigenvalue weighted by Crippen LogP contribution is 2.40. The molecule has 0 spiro atoms. The fourth-order valence-corrected chi connectivity index (χ4v) is 3.76. The minimum atomic E-state index is -0.663. The fourth-order valence-electron chi connectivity index (χ4n) is 3.76. The molecule has 2 aromatic rings. The summed E-state index contributed by atoms with van der Waals surface area (Å²) in [4.78, 5) is 19.5. The third-order valence-electron chi connectivity index (χ3n) is 5.18. The van der Waals surface area contributed by atoms with Gasteiger partial charge in [-0.2, -0.15) is 5.10 Å². The van der Waals surface area contributed by atoms with Crippen LogP contribution in [0.4, 0.5) is 8.78 Å². The summed E-state index contributed by atoms with van der Waals surface area (Å²) in [7, 11) is 0. The van der Waals surface area contributed by atoms with Gasteiger partial charge in [-0.05, 0) is 42.9 Å². The number of hydrogen-bond acceptors (Lipinski definition) is 3. The van der Waals surface area contributed by atoms with Crippen LogP contribution in [0.15, 0.2) is 18.2 Å². The van der Waals surface area contributed by atoms with Crippen LogP contribution in [0.3, 0.4) is 0 Å². The lowest BCUT2D eigenvalue weighted by atomic mass is 9.99. The van der Waals surface area contributed by atoms with Crippen molar-refractivity contribution in [2.24, 2.45) is 5.92 Å². The predicted molar refractivity (Wildman–Crippen MR) is 96.0 cm³/mol. The van der Waals surface area contributed by atoms with Crippen LogP contribution in [0, 0.1) is 17.6 Å². The minimum Gasteiger partial charge on any atom is -0.330 e. The summed E-state index contributed by atoms with van der Waals surface area (Å²) in [5.74, 6) is 1.11. The Morgan fingerprint density at radius 2 is 1.89 bits per heavy atom. The van der Waals surface area contributed by atoms with Gasteiger partial charge in [0, 0.05) is 18.5 Å². The van der Waals surface area contributed by atoms with E-state index in [1.165, 1.54) is 12.1 Å². The molecule has 2 aliphatic rings. The van der Waals surface area contributed by atoms with Crippen molar-refractivity contribution in [1.29, 1.82) is 0 Å². The van der Waals surface area contributed by atoms with Crippen molar-refractivity contribution in [3.05, 3.63) is 47.0 Å². The molecule has 1 amide bonds. The Labute approximate surface area is 157 Å². The number of fused-ring (bicyclic) bond motifs is 1. The number of nitrogens with zero attached hydrogens (tertiary/aromatic N) is 4. The minimum absolute atomic E-state index is 0.0209.